The summed E-state index contributed by atoms with van der Waals surface area (Å²) in [6, 6.07) is 7.09. The van der Waals surface area contributed by atoms with E-state index in [-0.39, 0.29) is 48.7 Å². The number of aromatic nitrogens is 1. The molecule has 270 valence electrons. The van der Waals surface area contributed by atoms with Crippen LogP contribution in [0.2, 0.25) is 5.02 Å². The Kier molecular flexibility index (Phi) is 12.2. The van der Waals surface area contributed by atoms with Crippen molar-refractivity contribution < 1.29 is 32.7 Å². The van der Waals surface area contributed by atoms with Crippen LogP contribution < -0.4 is 16.2 Å². The summed E-state index contributed by atoms with van der Waals surface area (Å²) in [5, 5.41) is 15.6. The van der Waals surface area contributed by atoms with Gasteiger partial charge in [0.2, 0.25) is 12.3 Å². The standard InChI is InChI=1S/C37H44ClF3N4O5/c1-20(2)12-29(43-33(48)26-8-7-9-45(35(26)50)11-10-44-18-37(6,19-44)36(40)41)34(49)42-28(17-30(46)47)27-16-24(13-23(5)32(27)39)31-21(3)14-25(38)15-22(31)4/h7-9,13-16,20,28-29,36H,10-12,17-19H2,1-6H3,(H,42,49)(H,43,48)(H,46,47)/t28-,29-/m0/s1. The first kappa shape index (κ1) is 38.6. The van der Waals surface area contributed by atoms with Gasteiger partial charge < -0.3 is 20.3 Å². The number of likely N-dealkylation sites (tertiary alicyclic amines) is 1. The van der Waals surface area contributed by atoms with Crippen LogP contribution in [0.3, 0.4) is 0 Å². The van der Waals surface area contributed by atoms with Crippen LogP contribution in [0, 0.1) is 37.9 Å². The predicted molar refractivity (Wildman–Crippen MR) is 186 cm³/mol. The number of carbonyl (C=O) groups is 3. The molecule has 0 spiro atoms. The smallest absolute Gasteiger partial charge is 0.305 e. The molecule has 2 heterocycles. The molecule has 3 aromatic rings. The van der Waals surface area contributed by atoms with Gasteiger partial charge in [-0.2, -0.15) is 0 Å². The van der Waals surface area contributed by atoms with Crippen LogP contribution in [0.15, 0.2) is 47.4 Å². The molecule has 0 radical (unpaired) electrons. The summed E-state index contributed by atoms with van der Waals surface area (Å²) in [6.07, 6.45) is -1.44. The maximum absolute atomic E-state index is 15.7. The second-order valence-electron chi connectivity index (χ2n) is 14.0. The zero-order valence-electron chi connectivity index (χ0n) is 29.1. The van der Waals surface area contributed by atoms with Crippen molar-refractivity contribution in [3.63, 3.8) is 0 Å². The molecule has 1 aromatic heterocycles. The first-order valence-electron chi connectivity index (χ1n) is 16.5. The summed E-state index contributed by atoms with van der Waals surface area (Å²) in [6.45, 7) is 11.4. The number of carbonyl (C=O) groups excluding carboxylic acids is 2. The number of aryl methyl sites for hydroxylation is 3. The molecular weight excluding hydrogens is 673 g/mol. The molecule has 0 aliphatic carbocycles. The van der Waals surface area contributed by atoms with Crippen molar-refractivity contribution in [2.24, 2.45) is 11.3 Å². The zero-order chi connectivity index (χ0) is 37.1. The van der Waals surface area contributed by atoms with Gasteiger partial charge in [0.1, 0.15) is 17.4 Å². The van der Waals surface area contributed by atoms with Gasteiger partial charge in [0.05, 0.1) is 17.9 Å². The third kappa shape index (κ3) is 8.95. The van der Waals surface area contributed by atoms with Gasteiger partial charge in [-0.05, 0) is 97.3 Å². The quantitative estimate of drug-likeness (QED) is 0.180. The van der Waals surface area contributed by atoms with E-state index in [0.717, 1.165) is 16.7 Å². The highest BCUT2D eigenvalue weighted by molar-refractivity contribution is 6.30. The number of pyridine rings is 1. The van der Waals surface area contributed by atoms with E-state index in [1.54, 1.807) is 30.0 Å². The van der Waals surface area contributed by atoms with Crippen molar-refractivity contribution in [1.29, 1.82) is 0 Å². The number of amides is 2. The number of benzene rings is 2. The molecule has 3 N–H and O–H groups in total. The molecule has 50 heavy (non-hydrogen) atoms. The third-order valence-electron chi connectivity index (χ3n) is 9.09. The Morgan fingerprint density at radius 1 is 1.00 bits per heavy atom. The number of rotatable bonds is 14. The monoisotopic (exact) mass is 716 g/mol. The molecule has 2 amide bonds. The fraction of sp³-hybridized carbons (Fsp3) is 0.459. The molecule has 2 atom stereocenters. The summed E-state index contributed by atoms with van der Waals surface area (Å²) in [4.78, 5) is 54.3. The number of nitrogens with one attached hydrogen (secondary N) is 2. The Morgan fingerprint density at radius 2 is 1.64 bits per heavy atom. The van der Waals surface area contributed by atoms with E-state index < -0.39 is 59.5 Å². The number of nitrogens with zero attached hydrogens (tertiary/aromatic N) is 2. The molecule has 1 aliphatic rings. The van der Waals surface area contributed by atoms with Crippen molar-refractivity contribution in [2.45, 2.75) is 79.4 Å². The van der Waals surface area contributed by atoms with Crippen LogP contribution in [-0.4, -0.2) is 64.5 Å². The lowest BCUT2D eigenvalue weighted by atomic mass is 9.82. The zero-order valence-corrected chi connectivity index (χ0v) is 29.8. The molecule has 4 rings (SSSR count). The molecule has 2 aromatic carbocycles. The lowest BCUT2D eigenvalue weighted by Gasteiger charge is -2.47. The van der Waals surface area contributed by atoms with Crippen LogP contribution in [0.4, 0.5) is 13.2 Å². The van der Waals surface area contributed by atoms with E-state index in [0.29, 0.717) is 17.1 Å². The lowest BCUT2D eigenvalue weighted by molar-refractivity contribution is -0.137. The number of alkyl halides is 2. The topological polar surface area (TPSA) is 121 Å². The Bertz CT molecular complexity index is 1800. The molecule has 0 bridgehead atoms. The van der Waals surface area contributed by atoms with Gasteiger partial charge in [-0.15, -0.1) is 0 Å². The van der Waals surface area contributed by atoms with E-state index in [1.165, 1.54) is 35.9 Å². The van der Waals surface area contributed by atoms with Crippen molar-refractivity contribution >= 4 is 29.4 Å². The van der Waals surface area contributed by atoms with Crippen LogP contribution in [0.5, 0.6) is 0 Å². The second-order valence-corrected chi connectivity index (χ2v) is 14.4. The highest BCUT2D eigenvalue weighted by Gasteiger charge is 2.45. The number of halogens is 4. The molecular formula is C37H44ClF3N4O5. The van der Waals surface area contributed by atoms with Crippen molar-refractivity contribution in [3.8, 4) is 11.1 Å². The Labute approximate surface area is 294 Å². The Morgan fingerprint density at radius 3 is 2.22 bits per heavy atom. The summed E-state index contributed by atoms with van der Waals surface area (Å²) in [5.74, 6) is -3.61. The van der Waals surface area contributed by atoms with Gasteiger partial charge in [-0.25, -0.2) is 13.2 Å². The van der Waals surface area contributed by atoms with Crippen LogP contribution in [-0.2, 0) is 16.1 Å². The summed E-state index contributed by atoms with van der Waals surface area (Å²) < 4.78 is 43.5. The van der Waals surface area contributed by atoms with Crippen LogP contribution >= 0.6 is 11.6 Å². The van der Waals surface area contributed by atoms with Crippen molar-refractivity contribution in [2.75, 3.05) is 19.6 Å². The van der Waals surface area contributed by atoms with Gasteiger partial charge in [0.25, 0.3) is 11.5 Å². The lowest BCUT2D eigenvalue weighted by Crippen LogP contribution is -2.58. The van der Waals surface area contributed by atoms with E-state index in [4.69, 9.17) is 11.6 Å². The van der Waals surface area contributed by atoms with E-state index in [9.17, 15) is 33.1 Å². The second kappa shape index (κ2) is 15.8. The average molecular weight is 717 g/mol. The molecule has 1 saturated heterocycles. The van der Waals surface area contributed by atoms with Crippen LogP contribution in [0.25, 0.3) is 11.1 Å². The number of carboxylic acid groups (broad SMARTS) is 1. The average Bonchev–Trinajstić information content (AvgIpc) is 2.99. The van der Waals surface area contributed by atoms with E-state index >= 15 is 4.39 Å². The molecule has 9 nitrogen and oxygen atoms in total. The SMILES string of the molecule is Cc1cc(-c2c(C)cc(Cl)cc2C)cc([C@H](CC(=O)O)NC(=O)[C@H](CC(C)C)NC(=O)c2cccn(CCN3CC(C)(C(F)F)C3)c2=O)c1F. The van der Waals surface area contributed by atoms with Gasteiger partial charge in [-0.1, -0.05) is 32.4 Å². The van der Waals surface area contributed by atoms with E-state index in [2.05, 4.69) is 10.6 Å². The molecule has 1 fully saturated rings. The van der Waals surface area contributed by atoms with Gasteiger partial charge >= 0.3 is 5.97 Å². The van der Waals surface area contributed by atoms with Crippen molar-refractivity contribution in [1.82, 2.24) is 20.1 Å². The van der Waals surface area contributed by atoms with Gasteiger partial charge in [0, 0.05) is 43.0 Å². The van der Waals surface area contributed by atoms with Gasteiger partial charge in [-0.3, -0.25) is 24.1 Å². The highest BCUT2D eigenvalue weighted by atomic mass is 35.5. The minimum atomic E-state index is -2.44. The maximum atomic E-state index is 15.7. The Hall–Kier alpha value is -4.16. The predicted octanol–water partition coefficient (Wildman–Crippen LogP) is 6.30. The molecule has 0 unspecified atom stereocenters. The normalized spacial score (nSPS) is 15.4. The number of carboxylic acids is 1. The number of hydrogen-bond donors (Lipinski definition) is 3. The minimum absolute atomic E-state index is 0.0267. The third-order valence-corrected chi connectivity index (χ3v) is 9.30. The molecule has 0 saturated carbocycles. The number of hydrogen-bond acceptors (Lipinski definition) is 5. The highest BCUT2D eigenvalue weighted by Crippen LogP contribution is 2.36. The molecule has 1 aliphatic heterocycles. The maximum Gasteiger partial charge on any atom is 0.305 e. The minimum Gasteiger partial charge on any atom is -0.481 e. The Balaban J connectivity index is 1.57. The van der Waals surface area contributed by atoms with Crippen LogP contribution in [0.1, 0.15) is 72.3 Å². The fourth-order valence-electron chi connectivity index (χ4n) is 6.59. The van der Waals surface area contributed by atoms with E-state index in [1.807, 2.05) is 27.7 Å². The first-order valence-corrected chi connectivity index (χ1v) is 16.9. The fourth-order valence-corrected chi connectivity index (χ4v) is 6.92. The summed E-state index contributed by atoms with van der Waals surface area (Å²) >= 11 is 6.23. The summed E-state index contributed by atoms with van der Waals surface area (Å²) in [7, 11) is 0. The number of aliphatic carboxylic acids is 1. The van der Waals surface area contributed by atoms with Crippen molar-refractivity contribution in [3.05, 3.63) is 91.6 Å². The van der Waals surface area contributed by atoms with Gasteiger partial charge in [0.15, 0.2) is 0 Å². The summed E-state index contributed by atoms with van der Waals surface area (Å²) in [5.41, 5.74) is 1.40. The first-order chi connectivity index (χ1) is 23.4. The largest absolute Gasteiger partial charge is 0.481 e. The molecule has 13 heteroatoms.